The number of fused-ring (bicyclic) bond motifs is 3. The van der Waals surface area contributed by atoms with Crippen molar-refractivity contribution in [1.29, 1.82) is 0 Å². The van der Waals surface area contributed by atoms with Crippen molar-refractivity contribution in [2.75, 3.05) is 18.1 Å². The monoisotopic (exact) mass is 408 g/mol. The number of hydrogen-bond donors (Lipinski definition) is 1. The smallest absolute Gasteiger partial charge is 0.416 e. The minimum absolute atomic E-state index is 0.0864. The standard InChI is InChI=1S/C18H18F2N4O5/c1-9(16(21)25)29-10-2-3-11-13(6-10)27-5-4-23-7-14(22-17(11)23)24-12(15(19)20)8-28-18(24)26/h2-3,6-7,9,12,15H,4-5,8H2,1H3,(H2,21,25)/t9-,12-/m0/s1. The van der Waals surface area contributed by atoms with Gasteiger partial charge in [0, 0.05) is 12.3 Å². The van der Waals surface area contributed by atoms with Gasteiger partial charge in [0.2, 0.25) is 0 Å². The van der Waals surface area contributed by atoms with Crippen LogP contribution >= 0.6 is 0 Å². The van der Waals surface area contributed by atoms with Crippen molar-refractivity contribution < 1.29 is 32.6 Å². The maximum Gasteiger partial charge on any atom is 0.416 e. The van der Waals surface area contributed by atoms with E-state index >= 15 is 0 Å². The zero-order chi connectivity index (χ0) is 20.7. The third-order valence-electron chi connectivity index (χ3n) is 4.70. The Labute approximate surface area is 163 Å². The summed E-state index contributed by atoms with van der Waals surface area (Å²) in [5, 5.41) is 0. The number of carbonyl (C=O) groups excluding carboxylic acids is 2. The van der Waals surface area contributed by atoms with E-state index in [1.807, 2.05) is 0 Å². The van der Waals surface area contributed by atoms with Crippen LogP contribution in [0.15, 0.2) is 24.4 Å². The molecule has 0 aliphatic carbocycles. The summed E-state index contributed by atoms with van der Waals surface area (Å²) >= 11 is 0. The molecule has 0 radical (unpaired) electrons. The number of alkyl halides is 2. The predicted molar refractivity (Wildman–Crippen MR) is 96.1 cm³/mol. The average molecular weight is 408 g/mol. The lowest BCUT2D eigenvalue weighted by molar-refractivity contribution is -0.123. The third-order valence-corrected chi connectivity index (χ3v) is 4.70. The van der Waals surface area contributed by atoms with Gasteiger partial charge >= 0.3 is 6.09 Å². The lowest BCUT2D eigenvalue weighted by Gasteiger charge is -2.17. The van der Waals surface area contributed by atoms with Gasteiger partial charge in [-0.1, -0.05) is 0 Å². The van der Waals surface area contributed by atoms with E-state index in [1.165, 1.54) is 13.1 Å². The molecule has 154 valence electrons. The van der Waals surface area contributed by atoms with E-state index in [0.717, 1.165) is 4.90 Å². The summed E-state index contributed by atoms with van der Waals surface area (Å²) in [6.07, 6.45) is -2.91. The van der Waals surface area contributed by atoms with E-state index in [9.17, 15) is 18.4 Å². The van der Waals surface area contributed by atoms with E-state index in [2.05, 4.69) is 4.98 Å². The van der Waals surface area contributed by atoms with Crippen LogP contribution in [0.2, 0.25) is 0 Å². The largest absolute Gasteiger partial charge is 0.491 e. The van der Waals surface area contributed by atoms with Gasteiger partial charge < -0.3 is 24.5 Å². The minimum Gasteiger partial charge on any atom is -0.491 e. The van der Waals surface area contributed by atoms with Gasteiger partial charge in [-0.05, 0) is 19.1 Å². The van der Waals surface area contributed by atoms with Crippen molar-refractivity contribution in [1.82, 2.24) is 9.55 Å². The quantitative estimate of drug-likeness (QED) is 0.808. The Balaban J connectivity index is 1.68. The van der Waals surface area contributed by atoms with Crippen LogP contribution in [0.1, 0.15) is 6.92 Å². The van der Waals surface area contributed by atoms with Crippen LogP contribution in [0, 0.1) is 0 Å². The van der Waals surface area contributed by atoms with Crippen molar-refractivity contribution in [3.8, 4) is 22.9 Å². The summed E-state index contributed by atoms with van der Waals surface area (Å²) in [6.45, 7) is 1.82. The highest BCUT2D eigenvalue weighted by Gasteiger charge is 2.42. The summed E-state index contributed by atoms with van der Waals surface area (Å²) in [7, 11) is 0. The molecule has 2 amide bonds. The molecule has 2 aliphatic heterocycles. The van der Waals surface area contributed by atoms with Crippen molar-refractivity contribution >= 4 is 17.8 Å². The number of imidazole rings is 1. The molecule has 2 aliphatic rings. The zero-order valence-electron chi connectivity index (χ0n) is 15.4. The Morgan fingerprint density at radius 3 is 2.90 bits per heavy atom. The van der Waals surface area contributed by atoms with Crippen LogP contribution in [0.5, 0.6) is 11.5 Å². The Hall–Kier alpha value is -3.37. The van der Waals surface area contributed by atoms with Gasteiger partial charge in [0.25, 0.3) is 12.3 Å². The van der Waals surface area contributed by atoms with Crippen LogP contribution < -0.4 is 20.1 Å². The fraction of sp³-hybridized carbons (Fsp3) is 0.389. The first-order valence-electron chi connectivity index (χ1n) is 8.89. The van der Waals surface area contributed by atoms with Crippen molar-refractivity contribution in [2.24, 2.45) is 5.73 Å². The molecule has 1 aromatic heterocycles. The highest BCUT2D eigenvalue weighted by Crippen LogP contribution is 2.37. The molecule has 1 aromatic carbocycles. The third kappa shape index (κ3) is 3.43. The first kappa shape index (κ1) is 19.0. The highest BCUT2D eigenvalue weighted by molar-refractivity contribution is 5.89. The normalized spacial score (nSPS) is 19.1. The molecule has 1 fully saturated rings. The molecule has 0 saturated carbocycles. The van der Waals surface area contributed by atoms with Gasteiger partial charge in [0.1, 0.15) is 36.6 Å². The SMILES string of the molecule is C[C@H](Oc1ccc2c(c1)OCCn1cc(N3C(=O)OC[C@H]3C(F)F)nc1-2)C(N)=O. The molecule has 0 bridgehead atoms. The summed E-state index contributed by atoms with van der Waals surface area (Å²) in [5.41, 5.74) is 5.80. The second kappa shape index (κ2) is 7.22. The minimum atomic E-state index is -2.76. The van der Waals surface area contributed by atoms with Gasteiger partial charge in [-0.2, -0.15) is 0 Å². The van der Waals surface area contributed by atoms with E-state index in [4.69, 9.17) is 19.9 Å². The summed E-state index contributed by atoms with van der Waals surface area (Å²) in [6, 6.07) is 3.52. The lowest BCUT2D eigenvalue weighted by atomic mass is 10.1. The van der Waals surface area contributed by atoms with Crippen LogP contribution in [-0.4, -0.2) is 53.3 Å². The first-order valence-corrected chi connectivity index (χ1v) is 8.89. The van der Waals surface area contributed by atoms with Gasteiger partial charge in [0.05, 0.1) is 12.1 Å². The maximum absolute atomic E-state index is 13.3. The Kier molecular flexibility index (Phi) is 4.73. The van der Waals surface area contributed by atoms with Crippen LogP contribution in [-0.2, 0) is 16.1 Å². The number of nitrogens with two attached hydrogens (primary N) is 1. The number of halogens is 2. The zero-order valence-corrected chi connectivity index (χ0v) is 15.4. The lowest BCUT2D eigenvalue weighted by Crippen LogP contribution is -2.38. The molecular weight excluding hydrogens is 390 g/mol. The molecule has 2 aromatic rings. The first-order chi connectivity index (χ1) is 13.8. The fourth-order valence-electron chi connectivity index (χ4n) is 3.18. The number of cyclic esters (lactones) is 1. The van der Waals surface area contributed by atoms with E-state index < -0.39 is 37.2 Å². The Bertz CT molecular complexity index is 964. The van der Waals surface area contributed by atoms with E-state index in [0.29, 0.717) is 29.4 Å². The van der Waals surface area contributed by atoms with Gasteiger partial charge in [0.15, 0.2) is 11.9 Å². The fourth-order valence-corrected chi connectivity index (χ4v) is 3.18. The molecule has 9 nitrogen and oxygen atoms in total. The van der Waals surface area contributed by atoms with Crippen LogP contribution in [0.3, 0.4) is 0 Å². The Morgan fingerprint density at radius 2 is 2.17 bits per heavy atom. The summed E-state index contributed by atoms with van der Waals surface area (Å²) in [5.74, 6) is 0.769. The van der Waals surface area contributed by atoms with E-state index in [1.54, 1.807) is 22.8 Å². The highest BCUT2D eigenvalue weighted by atomic mass is 19.3. The van der Waals surface area contributed by atoms with Gasteiger partial charge in [-0.15, -0.1) is 0 Å². The number of rotatable bonds is 5. The number of aromatic nitrogens is 2. The molecule has 0 spiro atoms. The van der Waals surface area contributed by atoms with Crippen molar-refractivity contribution in [2.45, 2.75) is 32.0 Å². The second-order valence-corrected chi connectivity index (χ2v) is 6.63. The topological polar surface area (TPSA) is 109 Å². The molecule has 2 atom stereocenters. The molecular formula is C18H18F2N4O5. The Morgan fingerprint density at radius 1 is 1.38 bits per heavy atom. The second-order valence-electron chi connectivity index (χ2n) is 6.63. The predicted octanol–water partition coefficient (Wildman–Crippen LogP) is 1.79. The molecule has 2 N–H and O–H groups in total. The van der Waals surface area contributed by atoms with Crippen LogP contribution in [0.4, 0.5) is 19.4 Å². The van der Waals surface area contributed by atoms with Crippen molar-refractivity contribution in [3.63, 3.8) is 0 Å². The number of primary amides is 1. The molecule has 0 unspecified atom stereocenters. The maximum atomic E-state index is 13.3. The molecule has 3 heterocycles. The number of benzene rings is 1. The summed E-state index contributed by atoms with van der Waals surface area (Å²) in [4.78, 5) is 28.4. The summed E-state index contributed by atoms with van der Waals surface area (Å²) < 4.78 is 44.2. The number of anilines is 1. The molecule has 29 heavy (non-hydrogen) atoms. The number of nitrogens with zero attached hydrogens (tertiary/aromatic N) is 3. The average Bonchev–Trinajstić information content (AvgIpc) is 3.21. The van der Waals surface area contributed by atoms with Crippen LogP contribution in [0.25, 0.3) is 11.4 Å². The van der Waals surface area contributed by atoms with Gasteiger partial charge in [-0.25, -0.2) is 23.5 Å². The number of amides is 2. The molecule has 4 rings (SSSR count). The number of carbonyl (C=O) groups is 2. The number of ether oxygens (including phenoxy) is 3. The van der Waals surface area contributed by atoms with Crippen molar-refractivity contribution in [3.05, 3.63) is 24.4 Å². The molecule has 11 heteroatoms. The van der Waals surface area contributed by atoms with Gasteiger partial charge in [-0.3, -0.25) is 4.79 Å². The molecule has 1 saturated heterocycles. The number of hydrogen-bond acceptors (Lipinski definition) is 6. The van der Waals surface area contributed by atoms with E-state index in [-0.39, 0.29) is 12.4 Å².